The van der Waals surface area contributed by atoms with Crippen molar-refractivity contribution in [3.8, 4) is 11.5 Å². The highest BCUT2D eigenvalue weighted by atomic mass is 16.5. The zero-order valence-corrected chi connectivity index (χ0v) is 15.9. The first kappa shape index (κ1) is 18.3. The van der Waals surface area contributed by atoms with E-state index in [9.17, 15) is 9.59 Å². The van der Waals surface area contributed by atoms with Crippen LogP contribution in [0, 0.1) is 5.92 Å². The molecule has 1 amide bonds. The van der Waals surface area contributed by atoms with E-state index in [4.69, 9.17) is 9.47 Å². The molecule has 26 heavy (non-hydrogen) atoms. The van der Waals surface area contributed by atoms with Gasteiger partial charge in [-0.25, -0.2) is 0 Å². The van der Waals surface area contributed by atoms with E-state index in [-0.39, 0.29) is 11.5 Å². The second-order valence-corrected chi connectivity index (χ2v) is 6.89. The molecule has 1 atom stereocenters. The fraction of sp³-hybridized carbons (Fsp3) is 0.500. The predicted molar refractivity (Wildman–Crippen MR) is 101 cm³/mol. The number of fused-ring (bicyclic) bond motifs is 1. The highest BCUT2D eigenvalue weighted by Gasteiger charge is 2.25. The summed E-state index contributed by atoms with van der Waals surface area (Å²) in [4.78, 5) is 27.9. The molecule has 6 nitrogen and oxygen atoms in total. The summed E-state index contributed by atoms with van der Waals surface area (Å²) in [6.45, 7) is 6.06. The molecule has 0 bridgehead atoms. The second kappa shape index (κ2) is 7.40. The van der Waals surface area contributed by atoms with E-state index in [1.165, 1.54) is 7.11 Å². The van der Waals surface area contributed by atoms with Crippen LogP contribution in [-0.4, -0.2) is 42.7 Å². The van der Waals surface area contributed by atoms with Crippen molar-refractivity contribution in [3.63, 3.8) is 0 Å². The molecule has 2 aromatic rings. The summed E-state index contributed by atoms with van der Waals surface area (Å²) in [6, 6.07) is 3.40. The van der Waals surface area contributed by atoms with Crippen molar-refractivity contribution < 1.29 is 14.3 Å². The maximum Gasteiger partial charge on any atom is 0.258 e. The van der Waals surface area contributed by atoms with Crippen molar-refractivity contribution in [2.24, 2.45) is 5.92 Å². The molecule has 6 heteroatoms. The third-order valence-corrected chi connectivity index (χ3v) is 5.11. The SMILES string of the molecule is CCn1cc(C(=O)N2CCCC(C)C2)c2cc(OC)c(OC)cc2c1=O. The number of ether oxygens (including phenoxy) is 2. The second-order valence-electron chi connectivity index (χ2n) is 6.89. The Bertz CT molecular complexity index is 887. The summed E-state index contributed by atoms with van der Waals surface area (Å²) < 4.78 is 12.3. The van der Waals surface area contributed by atoms with Crippen LogP contribution >= 0.6 is 0 Å². The smallest absolute Gasteiger partial charge is 0.258 e. The molecule has 0 aliphatic carbocycles. The van der Waals surface area contributed by atoms with E-state index in [2.05, 4.69) is 6.92 Å². The number of likely N-dealkylation sites (tertiary alicyclic amines) is 1. The van der Waals surface area contributed by atoms with Gasteiger partial charge >= 0.3 is 0 Å². The number of aryl methyl sites for hydroxylation is 1. The minimum atomic E-state index is -0.132. The van der Waals surface area contributed by atoms with Gasteiger partial charge in [0.2, 0.25) is 0 Å². The van der Waals surface area contributed by atoms with E-state index >= 15 is 0 Å². The molecular weight excluding hydrogens is 332 g/mol. The molecule has 0 saturated carbocycles. The van der Waals surface area contributed by atoms with Gasteiger partial charge in [-0.05, 0) is 37.8 Å². The monoisotopic (exact) mass is 358 g/mol. The zero-order valence-electron chi connectivity index (χ0n) is 15.9. The molecule has 1 aromatic carbocycles. The molecule has 0 N–H and O–H groups in total. The summed E-state index contributed by atoms with van der Waals surface area (Å²) in [5, 5.41) is 1.08. The molecule has 1 aromatic heterocycles. The number of methoxy groups -OCH3 is 2. The lowest BCUT2D eigenvalue weighted by Crippen LogP contribution is -2.39. The molecule has 1 saturated heterocycles. The topological polar surface area (TPSA) is 60.8 Å². The Morgan fingerprint density at radius 2 is 1.85 bits per heavy atom. The number of benzene rings is 1. The minimum Gasteiger partial charge on any atom is -0.493 e. The van der Waals surface area contributed by atoms with Crippen LogP contribution in [0.1, 0.15) is 37.0 Å². The van der Waals surface area contributed by atoms with Gasteiger partial charge in [0.05, 0.1) is 25.2 Å². The lowest BCUT2D eigenvalue weighted by Gasteiger charge is -2.31. The number of hydrogen-bond donors (Lipinski definition) is 0. The van der Waals surface area contributed by atoms with Crippen molar-refractivity contribution in [2.75, 3.05) is 27.3 Å². The van der Waals surface area contributed by atoms with E-state index in [1.807, 2.05) is 11.8 Å². The molecular formula is C20H26N2O4. The molecule has 2 heterocycles. The van der Waals surface area contributed by atoms with Gasteiger partial charge in [-0.2, -0.15) is 0 Å². The number of hydrogen-bond acceptors (Lipinski definition) is 4. The number of carbonyl (C=O) groups is 1. The highest BCUT2D eigenvalue weighted by Crippen LogP contribution is 2.33. The van der Waals surface area contributed by atoms with Crippen molar-refractivity contribution in [1.82, 2.24) is 9.47 Å². The normalized spacial score (nSPS) is 17.4. The van der Waals surface area contributed by atoms with Gasteiger partial charge in [-0.1, -0.05) is 6.92 Å². The van der Waals surface area contributed by atoms with E-state index in [0.29, 0.717) is 40.3 Å². The number of rotatable bonds is 4. The predicted octanol–water partition coefficient (Wildman–Crippen LogP) is 2.91. The first-order valence-corrected chi connectivity index (χ1v) is 9.08. The number of pyridine rings is 1. The summed E-state index contributed by atoms with van der Waals surface area (Å²) in [6.07, 6.45) is 3.83. The van der Waals surface area contributed by atoms with Gasteiger partial charge in [0.15, 0.2) is 11.5 Å². The molecule has 1 aliphatic heterocycles. The summed E-state index contributed by atoms with van der Waals surface area (Å²) >= 11 is 0. The number of aromatic nitrogens is 1. The Morgan fingerprint density at radius 1 is 1.19 bits per heavy atom. The maximum atomic E-state index is 13.2. The Morgan fingerprint density at radius 3 is 2.42 bits per heavy atom. The van der Waals surface area contributed by atoms with E-state index < -0.39 is 0 Å². The lowest BCUT2D eigenvalue weighted by molar-refractivity contribution is 0.0684. The first-order chi connectivity index (χ1) is 12.5. The summed E-state index contributed by atoms with van der Waals surface area (Å²) in [7, 11) is 3.08. The minimum absolute atomic E-state index is 0.0315. The van der Waals surface area contributed by atoms with Crippen LogP contribution in [0.4, 0.5) is 0 Å². The zero-order chi connectivity index (χ0) is 18.8. The van der Waals surface area contributed by atoms with Gasteiger partial charge < -0.3 is 18.9 Å². The van der Waals surface area contributed by atoms with E-state index in [1.54, 1.807) is 30.0 Å². The average molecular weight is 358 g/mol. The molecule has 3 rings (SSSR count). The molecule has 1 aliphatic rings. The van der Waals surface area contributed by atoms with Gasteiger partial charge in [0.25, 0.3) is 11.5 Å². The van der Waals surface area contributed by atoms with Crippen LogP contribution in [0.5, 0.6) is 11.5 Å². The highest BCUT2D eigenvalue weighted by molar-refractivity contribution is 6.07. The third-order valence-electron chi connectivity index (χ3n) is 5.11. The Labute approximate surface area is 153 Å². The lowest BCUT2D eigenvalue weighted by atomic mass is 9.98. The van der Waals surface area contributed by atoms with Crippen LogP contribution in [0.3, 0.4) is 0 Å². The Balaban J connectivity index is 2.21. The van der Waals surface area contributed by atoms with E-state index in [0.717, 1.165) is 25.9 Å². The van der Waals surface area contributed by atoms with Crippen LogP contribution in [0.15, 0.2) is 23.1 Å². The molecule has 1 fully saturated rings. The van der Waals surface area contributed by atoms with Gasteiger partial charge in [0.1, 0.15) is 0 Å². The van der Waals surface area contributed by atoms with Crippen LogP contribution in [0.25, 0.3) is 10.8 Å². The maximum absolute atomic E-state index is 13.2. The summed E-state index contributed by atoms with van der Waals surface area (Å²) in [5.41, 5.74) is 0.406. The quantitative estimate of drug-likeness (QED) is 0.843. The Kier molecular flexibility index (Phi) is 5.20. The number of amides is 1. The van der Waals surface area contributed by atoms with Crippen molar-refractivity contribution in [2.45, 2.75) is 33.2 Å². The fourth-order valence-electron chi connectivity index (χ4n) is 3.67. The number of nitrogens with zero attached hydrogens (tertiary/aromatic N) is 2. The standard InChI is InChI=1S/C20H26N2O4/c1-5-21-12-16(20(24)22-8-6-7-13(2)11-22)14-9-17(25-3)18(26-4)10-15(14)19(21)23/h9-10,12-13H,5-8,11H2,1-4H3. The third kappa shape index (κ3) is 3.16. The van der Waals surface area contributed by atoms with Crippen molar-refractivity contribution >= 4 is 16.7 Å². The Hall–Kier alpha value is -2.50. The first-order valence-electron chi connectivity index (χ1n) is 9.08. The number of piperidine rings is 1. The van der Waals surface area contributed by atoms with Crippen molar-refractivity contribution in [1.29, 1.82) is 0 Å². The van der Waals surface area contributed by atoms with Gasteiger partial charge in [0, 0.05) is 31.2 Å². The van der Waals surface area contributed by atoms with Gasteiger partial charge in [-0.15, -0.1) is 0 Å². The van der Waals surface area contributed by atoms with Crippen LogP contribution in [0.2, 0.25) is 0 Å². The van der Waals surface area contributed by atoms with Crippen LogP contribution < -0.4 is 15.0 Å². The van der Waals surface area contributed by atoms with Gasteiger partial charge in [-0.3, -0.25) is 9.59 Å². The molecule has 1 unspecified atom stereocenters. The molecule has 0 radical (unpaired) electrons. The fourth-order valence-corrected chi connectivity index (χ4v) is 3.67. The molecule has 0 spiro atoms. The van der Waals surface area contributed by atoms with Crippen molar-refractivity contribution in [3.05, 3.63) is 34.2 Å². The number of carbonyl (C=O) groups excluding carboxylic acids is 1. The summed E-state index contributed by atoms with van der Waals surface area (Å²) in [5.74, 6) is 1.45. The van der Waals surface area contributed by atoms with Crippen LogP contribution in [-0.2, 0) is 6.54 Å². The molecule has 140 valence electrons. The average Bonchev–Trinajstić information content (AvgIpc) is 2.66. The largest absolute Gasteiger partial charge is 0.493 e.